The Kier molecular flexibility index (Phi) is 5.30. The summed E-state index contributed by atoms with van der Waals surface area (Å²) in [4.78, 5) is 24.7. The number of benzene rings is 1. The van der Waals surface area contributed by atoms with Crippen molar-refractivity contribution in [3.8, 4) is 0 Å². The zero-order valence-corrected chi connectivity index (χ0v) is 12.8. The number of carbonyl (C=O) groups excluding carboxylic acids is 2. The lowest BCUT2D eigenvalue weighted by Crippen LogP contribution is -2.34. The lowest BCUT2D eigenvalue weighted by Gasteiger charge is -2.13. The Morgan fingerprint density at radius 1 is 1.18 bits per heavy atom. The first kappa shape index (κ1) is 16.2. The molecule has 0 saturated heterocycles. The van der Waals surface area contributed by atoms with E-state index in [1.165, 1.54) is 6.08 Å². The minimum Gasteiger partial charge on any atom is -0.395 e. The Labute approximate surface area is 129 Å². The van der Waals surface area contributed by atoms with E-state index in [0.717, 1.165) is 22.7 Å². The minimum atomic E-state index is -0.412. The summed E-state index contributed by atoms with van der Waals surface area (Å²) in [5, 5.41) is 15.1. The van der Waals surface area contributed by atoms with Crippen molar-refractivity contribution in [1.29, 1.82) is 0 Å². The predicted molar refractivity (Wildman–Crippen MR) is 83.9 cm³/mol. The van der Waals surface area contributed by atoms with Crippen LogP contribution in [0.25, 0.3) is 0 Å². The highest BCUT2D eigenvalue weighted by Gasteiger charge is 2.30. The van der Waals surface area contributed by atoms with Crippen molar-refractivity contribution in [3.05, 3.63) is 41.6 Å². The van der Waals surface area contributed by atoms with Gasteiger partial charge >= 0.3 is 0 Å². The number of amides is 2. The third-order valence-electron chi connectivity index (χ3n) is 3.28. The first-order valence-corrected chi connectivity index (χ1v) is 7.29. The summed E-state index contributed by atoms with van der Waals surface area (Å²) < 4.78 is 0. The smallest absolute Gasteiger partial charge is 0.277 e. The van der Waals surface area contributed by atoms with Gasteiger partial charge in [-0.15, -0.1) is 0 Å². The van der Waals surface area contributed by atoms with E-state index in [9.17, 15) is 9.59 Å². The molecule has 3 N–H and O–H groups in total. The molecule has 0 aliphatic carbocycles. The second kappa shape index (κ2) is 7.20. The lowest BCUT2D eigenvalue weighted by molar-refractivity contribution is -0.137. The molecule has 1 aromatic carbocycles. The van der Waals surface area contributed by atoms with Gasteiger partial charge in [-0.25, -0.2) is 0 Å². The maximum Gasteiger partial charge on any atom is 0.277 e. The molecule has 6 heteroatoms. The van der Waals surface area contributed by atoms with Gasteiger partial charge in [-0.3, -0.25) is 14.5 Å². The fourth-order valence-electron chi connectivity index (χ4n) is 2.09. The molecule has 0 unspecified atom stereocenters. The van der Waals surface area contributed by atoms with Crippen LogP contribution >= 0.6 is 0 Å². The van der Waals surface area contributed by atoms with Gasteiger partial charge in [-0.05, 0) is 17.7 Å². The summed E-state index contributed by atoms with van der Waals surface area (Å²) in [6.07, 6.45) is 1.26. The largest absolute Gasteiger partial charge is 0.395 e. The van der Waals surface area contributed by atoms with Crippen molar-refractivity contribution in [2.45, 2.75) is 26.4 Å². The number of carbonyl (C=O) groups is 2. The predicted octanol–water partition coefficient (Wildman–Crippen LogP) is 0.841. The van der Waals surface area contributed by atoms with Gasteiger partial charge in [-0.2, -0.15) is 0 Å². The van der Waals surface area contributed by atoms with Crippen LogP contribution in [0.1, 0.15) is 19.4 Å². The number of aliphatic hydroxyl groups is 1. The van der Waals surface area contributed by atoms with E-state index in [4.69, 9.17) is 5.11 Å². The topological polar surface area (TPSA) is 81.7 Å². The fraction of sp³-hybridized carbons (Fsp3) is 0.375. The third-order valence-corrected chi connectivity index (χ3v) is 3.28. The Morgan fingerprint density at radius 2 is 1.86 bits per heavy atom. The molecule has 1 aromatic rings. The number of anilines is 1. The maximum atomic E-state index is 12.0. The van der Waals surface area contributed by atoms with Gasteiger partial charge in [0.1, 0.15) is 5.70 Å². The van der Waals surface area contributed by atoms with E-state index in [0.29, 0.717) is 6.04 Å². The average molecular weight is 303 g/mol. The quantitative estimate of drug-likeness (QED) is 0.650. The Bertz CT molecular complexity index is 579. The van der Waals surface area contributed by atoms with Crippen molar-refractivity contribution < 1.29 is 14.7 Å². The zero-order chi connectivity index (χ0) is 16.1. The van der Waals surface area contributed by atoms with Crippen LogP contribution in [0.5, 0.6) is 0 Å². The van der Waals surface area contributed by atoms with E-state index in [2.05, 4.69) is 24.5 Å². The van der Waals surface area contributed by atoms with Gasteiger partial charge in [0, 0.05) is 24.4 Å². The summed E-state index contributed by atoms with van der Waals surface area (Å²) in [5.41, 5.74) is 2.11. The molecule has 0 atom stereocenters. The number of imide groups is 1. The number of hydrogen-bond acceptors (Lipinski definition) is 5. The van der Waals surface area contributed by atoms with Crippen LogP contribution in [0.15, 0.2) is 36.0 Å². The number of rotatable bonds is 7. The van der Waals surface area contributed by atoms with Gasteiger partial charge in [0.25, 0.3) is 11.8 Å². The molecule has 6 nitrogen and oxygen atoms in total. The van der Waals surface area contributed by atoms with Gasteiger partial charge in [0.05, 0.1) is 13.2 Å². The molecule has 0 spiro atoms. The Hall–Kier alpha value is -2.18. The first-order valence-electron chi connectivity index (χ1n) is 7.29. The van der Waals surface area contributed by atoms with Crippen LogP contribution in [-0.4, -0.2) is 41.0 Å². The average Bonchev–Trinajstić information content (AvgIpc) is 2.74. The normalized spacial score (nSPS) is 14.7. The van der Waals surface area contributed by atoms with Crippen molar-refractivity contribution in [1.82, 2.24) is 10.2 Å². The second-order valence-electron chi connectivity index (χ2n) is 5.43. The molecule has 22 heavy (non-hydrogen) atoms. The monoisotopic (exact) mass is 303 g/mol. The summed E-state index contributed by atoms with van der Waals surface area (Å²) in [6.45, 7) is 4.73. The molecule has 0 saturated carbocycles. The van der Waals surface area contributed by atoms with Crippen molar-refractivity contribution in [2.75, 3.05) is 18.5 Å². The SMILES string of the molecule is CC(C)NCc1ccc(NC2=CC(=O)N(CCO)C2=O)cc1. The number of β-amino-alcohol motifs (C(OH)–C–C–N with tert-alkyl or cyclic N) is 1. The van der Waals surface area contributed by atoms with E-state index in [1.54, 1.807) is 0 Å². The Morgan fingerprint density at radius 3 is 2.45 bits per heavy atom. The van der Waals surface area contributed by atoms with Crippen molar-refractivity contribution >= 4 is 17.5 Å². The standard InChI is InChI=1S/C16H21N3O3/c1-11(2)17-10-12-3-5-13(6-4-12)18-14-9-15(21)19(7-8-20)16(14)22/h3-6,9,11,17-18,20H,7-8,10H2,1-2H3. The molecule has 0 bridgehead atoms. The van der Waals surface area contributed by atoms with Gasteiger partial charge in [0.15, 0.2) is 0 Å². The minimum absolute atomic E-state index is 0.0131. The van der Waals surface area contributed by atoms with Gasteiger partial charge < -0.3 is 15.7 Å². The highest BCUT2D eigenvalue weighted by atomic mass is 16.3. The molecular weight excluding hydrogens is 282 g/mol. The maximum absolute atomic E-state index is 12.0. The van der Waals surface area contributed by atoms with Crippen LogP contribution in [0.4, 0.5) is 5.69 Å². The Balaban J connectivity index is 1.98. The van der Waals surface area contributed by atoms with Gasteiger partial charge in [-0.1, -0.05) is 26.0 Å². The van der Waals surface area contributed by atoms with E-state index < -0.39 is 11.8 Å². The molecule has 2 amide bonds. The molecule has 2 rings (SSSR count). The summed E-state index contributed by atoms with van der Waals surface area (Å²) in [5.74, 6) is -0.816. The second-order valence-corrected chi connectivity index (χ2v) is 5.43. The number of nitrogens with zero attached hydrogens (tertiary/aromatic N) is 1. The molecular formula is C16H21N3O3. The fourth-order valence-corrected chi connectivity index (χ4v) is 2.09. The van der Waals surface area contributed by atoms with Crippen molar-refractivity contribution in [2.24, 2.45) is 0 Å². The molecule has 1 aliphatic rings. The summed E-state index contributed by atoms with van der Waals surface area (Å²) >= 11 is 0. The van der Waals surface area contributed by atoms with Crippen LogP contribution < -0.4 is 10.6 Å². The highest BCUT2D eigenvalue weighted by molar-refractivity contribution is 6.17. The van der Waals surface area contributed by atoms with Crippen LogP contribution in [0.2, 0.25) is 0 Å². The van der Waals surface area contributed by atoms with Crippen LogP contribution in [-0.2, 0) is 16.1 Å². The van der Waals surface area contributed by atoms with Crippen LogP contribution in [0.3, 0.4) is 0 Å². The molecule has 0 fully saturated rings. The molecule has 1 heterocycles. The molecule has 0 aromatic heterocycles. The van der Waals surface area contributed by atoms with E-state index >= 15 is 0 Å². The highest BCUT2D eigenvalue weighted by Crippen LogP contribution is 2.17. The van der Waals surface area contributed by atoms with E-state index in [-0.39, 0.29) is 18.8 Å². The van der Waals surface area contributed by atoms with Crippen molar-refractivity contribution in [3.63, 3.8) is 0 Å². The lowest BCUT2D eigenvalue weighted by atomic mass is 10.2. The number of aliphatic hydroxyl groups excluding tert-OH is 1. The summed E-state index contributed by atoms with van der Waals surface area (Å²) in [6, 6.07) is 8.08. The molecule has 118 valence electrons. The number of nitrogens with one attached hydrogen (secondary N) is 2. The molecule has 1 aliphatic heterocycles. The molecule has 0 radical (unpaired) electrons. The zero-order valence-electron chi connectivity index (χ0n) is 12.8. The van der Waals surface area contributed by atoms with Crippen LogP contribution in [0, 0.1) is 0 Å². The summed E-state index contributed by atoms with van der Waals surface area (Å²) in [7, 11) is 0. The third kappa shape index (κ3) is 3.93. The number of hydrogen-bond donors (Lipinski definition) is 3. The first-order chi connectivity index (χ1) is 10.5. The van der Waals surface area contributed by atoms with Gasteiger partial charge in [0.2, 0.25) is 0 Å². The van der Waals surface area contributed by atoms with E-state index in [1.807, 2.05) is 24.3 Å².